The Labute approximate surface area is 98.8 Å². The van der Waals surface area contributed by atoms with Crippen molar-refractivity contribution in [3.05, 3.63) is 0 Å². The number of aliphatic hydroxyl groups is 2. The number of halogens is 1. The molecule has 0 saturated carbocycles. The van der Waals surface area contributed by atoms with Gasteiger partial charge < -0.3 is 14.9 Å². The summed E-state index contributed by atoms with van der Waals surface area (Å²) < 4.78 is 4.30. The van der Waals surface area contributed by atoms with Crippen molar-refractivity contribution in [2.24, 2.45) is 5.41 Å². The molecule has 0 spiro atoms. The number of carbonyl (C=O) groups excluding carboxylic acids is 1. The van der Waals surface area contributed by atoms with Crippen molar-refractivity contribution in [3.8, 4) is 0 Å². The summed E-state index contributed by atoms with van der Waals surface area (Å²) in [5, 5.41) is 18.3. The van der Waals surface area contributed by atoms with Crippen LogP contribution in [0.25, 0.3) is 0 Å². The molecule has 0 aromatic carbocycles. The molecule has 90 valence electrons. The summed E-state index contributed by atoms with van der Waals surface area (Å²) in [5.74, 6) is -0.401. The van der Waals surface area contributed by atoms with Crippen molar-refractivity contribution in [1.29, 1.82) is 0 Å². The van der Waals surface area contributed by atoms with Crippen molar-refractivity contribution in [2.75, 3.05) is 19.8 Å². The summed E-state index contributed by atoms with van der Waals surface area (Å²) in [6.07, 6.45) is 0.552. The number of ether oxygens (including phenoxy) is 1. The lowest BCUT2D eigenvalue weighted by Crippen LogP contribution is -2.38. The minimum atomic E-state index is -0.739. The molecule has 0 aliphatic carbocycles. The maximum Gasteiger partial charge on any atom is 0.322 e. The number of esters is 1. The lowest BCUT2D eigenvalue weighted by molar-refractivity contribution is -0.151. The molecule has 2 N–H and O–H groups in total. The highest BCUT2D eigenvalue weighted by molar-refractivity contribution is 9.10. The minimum Gasteiger partial charge on any atom is -0.464 e. The fraction of sp³-hybridized carbons (Fsp3) is 0.900. The first-order chi connectivity index (χ1) is 6.81. The molecule has 0 aromatic heterocycles. The Morgan fingerprint density at radius 3 is 2.07 bits per heavy atom. The van der Waals surface area contributed by atoms with Gasteiger partial charge >= 0.3 is 5.97 Å². The summed E-state index contributed by atoms with van der Waals surface area (Å²) in [4.78, 5) is 11.4. The Kier molecular flexibility index (Phi) is 5.77. The van der Waals surface area contributed by atoms with Gasteiger partial charge in [-0.1, -0.05) is 22.9 Å². The Bertz CT molecular complexity index is 198. The van der Waals surface area contributed by atoms with Crippen molar-refractivity contribution < 1.29 is 19.7 Å². The molecule has 4 nitrogen and oxygen atoms in total. The van der Waals surface area contributed by atoms with Crippen molar-refractivity contribution in [3.63, 3.8) is 0 Å². The minimum absolute atomic E-state index is 0.0321. The predicted molar refractivity (Wildman–Crippen MR) is 60.9 cm³/mol. The molecule has 0 atom stereocenters. The summed E-state index contributed by atoms with van der Waals surface area (Å²) >= 11 is 3.18. The molecular weight excluding hydrogens is 264 g/mol. The predicted octanol–water partition coefficient (Wildman–Crippen LogP) is 1.08. The van der Waals surface area contributed by atoms with Gasteiger partial charge in [-0.2, -0.15) is 0 Å². The lowest BCUT2D eigenvalue weighted by atomic mass is 9.88. The topological polar surface area (TPSA) is 66.8 Å². The van der Waals surface area contributed by atoms with Crippen LogP contribution in [0.15, 0.2) is 0 Å². The van der Waals surface area contributed by atoms with Crippen LogP contribution in [0.5, 0.6) is 0 Å². The van der Waals surface area contributed by atoms with Crippen LogP contribution in [0.3, 0.4) is 0 Å². The van der Waals surface area contributed by atoms with E-state index >= 15 is 0 Å². The average Bonchev–Trinajstić information content (AvgIpc) is 2.19. The molecule has 0 aromatic rings. The third-order valence-electron chi connectivity index (χ3n) is 2.42. The third-order valence-corrected chi connectivity index (χ3v) is 2.74. The molecule has 0 fully saturated rings. The molecule has 0 saturated heterocycles. The molecular formula is C10H19BrO4. The molecule has 15 heavy (non-hydrogen) atoms. The van der Waals surface area contributed by atoms with Gasteiger partial charge in [-0.05, 0) is 20.3 Å². The number of rotatable bonds is 6. The van der Waals surface area contributed by atoms with E-state index in [0.29, 0.717) is 6.42 Å². The quantitative estimate of drug-likeness (QED) is 0.565. The molecule has 5 heteroatoms. The van der Waals surface area contributed by atoms with E-state index in [0.717, 1.165) is 0 Å². The number of hydrogen-bond donors (Lipinski definition) is 2. The molecule has 0 rings (SSSR count). The van der Waals surface area contributed by atoms with Gasteiger partial charge in [-0.15, -0.1) is 0 Å². The molecule has 0 amide bonds. The molecule has 0 radical (unpaired) electrons. The zero-order chi connectivity index (χ0) is 12.1. The number of aliphatic hydroxyl groups excluding tert-OH is 2. The van der Waals surface area contributed by atoms with Gasteiger partial charge in [-0.3, -0.25) is 4.79 Å². The lowest BCUT2D eigenvalue weighted by Gasteiger charge is -2.28. The molecule has 0 aliphatic rings. The summed E-state index contributed by atoms with van der Waals surface area (Å²) in [6, 6.07) is 0. The highest BCUT2D eigenvalue weighted by Gasteiger charge is 2.32. The van der Waals surface area contributed by atoms with Crippen LogP contribution in [0.4, 0.5) is 0 Å². The largest absolute Gasteiger partial charge is 0.464 e. The van der Waals surface area contributed by atoms with Crippen molar-refractivity contribution >= 4 is 21.9 Å². The van der Waals surface area contributed by atoms with E-state index in [-0.39, 0.29) is 19.8 Å². The van der Waals surface area contributed by atoms with E-state index in [1.165, 1.54) is 0 Å². The van der Waals surface area contributed by atoms with Crippen LogP contribution < -0.4 is 0 Å². The van der Waals surface area contributed by atoms with E-state index in [1.807, 2.05) is 6.92 Å². The maximum absolute atomic E-state index is 11.4. The number of carbonyl (C=O) groups is 1. The second kappa shape index (κ2) is 5.82. The summed E-state index contributed by atoms with van der Waals surface area (Å²) in [7, 11) is 0. The highest BCUT2D eigenvalue weighted by Crippen LogP contribution is 2.23. The highest BCUT2D eigenvalue weighted by atomic mass is 79.9. The Balaban J connectivity index is 4.29. The van der Waals surface area contributed by atoms with Crippen LogP contribution in [0.1, 0.15) is 27.2 Å². The van der Waals surface area contributed by atoms with Gasteiger partial charge in [0.05, 0.1) is 18.6 Å². The van der Waals surface area contributed by atoms with E-state index in [2.05, 4.69) is 15.9 Å². The number of hydrogen-bond acceptors (Lipinski definition) is 4. The monoisotopic (exact) mass is 282 g/mol. The summed E-state index contributed by atoms with van der Waals surface area (Å²) in [5.41, 5.74) is -0.728. The molecule has 0 bridgehead atoms. The van der Waals surface area contributed by atoms with E-state index in [4.69, 9.17) is 14.9 Å². The standard InChI is InChI=1S/C10H19BrO4/c1-4-10(5-12,6-13)7-15-8(14)9(2,3)11/h12-13H,4-7H2,1-3H3. The van der Waals surface area contributed by atoms with Crippen LogP contribution in [0, 0.1) is 5.41 Å². The van der Waals surface area contributed by atoms with Gasteiger partial charge in [0.15, 0.2) is 0 Å². The Morgan fingerprint density at radius 2 is 1.80 bits per heavy atom. The molecule has 0 heterocycles. The van der Waals surface area contributed by atoms with Crippen LogP contribution >= 0.6 is 15.9 Å². The zero-order valence-electron chi connectivity index (χ0n) is 9.42. The smallest absolute Gasteiger partial charge is 0.322 e. The van der Waals surface area contributed by atoms with Gasteiger partial charge in [0, 0.05) is 0 Å². The van der Waals surface area contributed by atoms with E-state index in [1.54, 1.807) is 13.8 Å². The normalized spacial score (nSPS) is 12.7. The van der Waals surface area contributed by atoms with Crippen LogP contribution in [0.2, 0.25) is 0 Å². The van der Waals surface area contributed by atoms with Crippen LogP contribution in [-0.2, 0) is 9.53 Å². The maximum atomic E-state index is 11.4. The second-order valence-electron chi connectivity index (χ2n) is 4.22. The first-order valence-electron chi connectivity index (χ1n) is 4.89. The average molecular weight is 283 g/mol. The fourth-order valence-corrected chi connectivity index (χ4v) is 0.972. The van der Waals surface area contributed by atoms with Gasteiger partial charge in [0.2, 0.25) is 0 Å². The van der Waals surface area contributed by atoms with Gasteiger partial charge in [0.25, 0.3) is 0 Å². The SMILES string of the molecule is CCC(CO)(CO)COC(=O)C(C)(C)Br. The fourth-order valence-electron chi connectivity index (χ4n) is 0.857. The first kappa shape index (κ1) is 14.9. The van der Waals surface area contributed by atoms with E-state index in [9.17, 15) is 4.79 Å². The van der Waals surface area contributed by atoms with Crippen molar-refractivity contribution in [2.45, 2.75) is 31.5 Å². The second-order valence-corrected chi connectivity index (χ2v) is 6.20. The van der Waals surface area contributed by atoms with Crippen LogP contribution in [-0.4, -0.2) is 40.3 Å². The molecule has 0 aliphatic heterocycles. The Hall–Kier alpha value is -0.130. The zero-order valence-corrected chi connectivity index (χ0v) is 11.0. The van der Waals surface area contributed by atoms with Crippen molar-refractivity contribution in [1.82, 2.24) is 0 Å². The third kappa shape index (κ3) is 4.49. The Morgan fingerprint density at radius 1 is 1.33 bits per heavy atom. The van der Waals surface area contributed by atoms with Gasteiger partial charge in [0.1, 0.15) is 10.9 Å². The first-order valence-corrected chi connectivity index (χ1v) is 5.68. The summed E-state index contributed by atoms with van der Waals surface area (Å²) in [6.45, 7) is 4.83. The van der Waals surface area contributed by atoms with E-state index < -0.39 is 15.7 Å². The number of alkyl halides is 1. The molecule has 0 unspecified atom stereocenters. The van der Waals surface area contributed by atoms with Gasteiger partial charge in [-0.25, -0.2) is 0 Å².